The summed E-state index contributed by atoms with van der Waals surface area (Å²) in [7, 11) is 0. The summed E-state index contributed by atoms with van der Waals surface area (Å²) in [5, 5.41) is 5.09. The molecule has 1 N–H and O–H groups in total. The highest BCUT2D eigenvalue weighted by Gasteiger charge is 2.43. The Morgan fingerprint density at radius 1 is 1.26 bits per heavy atom. The van der Waals surface area contributed by atoms with Crippen molar-refractivity contribution in [3.05, 3.63) is 57.3 Å². The maximum absolute atomic E-state index is 12.3. The highest BCUT2D eigenvalue weighted by Crippen LogP contribution is 2.36. The monoisotopic (exact) mass is 384 g/mol. The second-order valence-electron chi connectivity index (χ2n) is 8.12. The van der Waals surface area contributed by atoms with Gasteiger partial charge in [-0.05, 0) is 50.1 Å². The minimum absolute atomic E-state index is 0.0305. The van der Waals surface area contributed by atoms with Crippen LogP contribution in [0.5, 0.6) is 0 Å². The van der Waals surface area contributed by atoms with E-state index in [1.165, 1.54) is 28.0 Å². The van der Waals surface area contributed by atoms with E-state index in [1.54, 1.807) is 0 Å². The number of hydrogen-bond acceptors (Lipinski definition) is 4. The van der Waals surface area contributed by atoms with Crippen molar-refractivity contribution < 1.29 is 9.53 Å². The van der Waals surface area contributed by atoms with Gasteiger partial charge in [0.1, 0.15) is 0 Å². The molecule has 0 aliphatic carbocycles. The Balaban J connectivity index is 1.29. The maximum Gasteiger partial charge on any atom is 0.261 e. The highest BCUT2D eigenvalue weighted by molar-refractivity contribution is 7.12. The lowest BCUT2D eigenvalue weighted by atomic mass is 9.87. The van der Waals surface area contributed by atoms with Crippen molar-refractivity contribution in [1.82, 2.24) is 10.2 Å². The minimum Gasteiger partial charge on any atom is -0.373 e. The van der Waals surface area contributed by atoms with Crippen molar-refractivity contribution in [2.24, 2.45) is 0 Å². The second kappa shape index (κ2) is 7.74. The summed E-state index contributed by atoms with van der Waals surface area (Å²) >= 11 is 1.49. The SMILES string of the molecule is Cc1cc(C)cc(CN2CCC3(CC2)C[C@H](NC(=O)c2cccs2)CO3)c1. The highest BCUT2D eigenvalue weighted by atomic mass is 32.1. The van der Waals surface area contributed by atoms with Gasteiger partial charge in [0.2, 0.25) is 0 Å². The molecule has 4 nitrogen and oxygen atoms in total. The molecular formula is C22H28N2O2S. The van der Waals surface area contributed by atoms with E-state index >= 15 is 0 Å². The van der Waals surface area contributed by atoms with Gasteiger partial charge in [0.05, 0.1) is 23.1 Å². The molecule has 2 aliphatic rings. The number of amides is 1. The Hall–Kier alpha value is -1.69. The van der Waals surface area contributed by atoms with Crippen LogP contribution in [0.3, 0.4) is 0 Å². The molecule has 1 spiro atoms. The molecule has 2 saturated heterocycles. The van der Waals surface area contributed by atoms with Crippen LogP contribution in [0.4, 0.5) is 0 Å². The van der Waals surface area contributed by atoms with Crippen LogP contribution in [0, 0.1) is 13.8 Å². The van der Waals surface area contributed by atoms with Crippen molar-refractivity contribution in [2.75, 3.05) is 19.7 Å². The van der Waals surface area contributed by atoms with Crippen LogP contribution in [0.2, 0.25) is 0 Å². The van der Waals surface area contributed by atoms with E-state index in [0.29, 0.717) is 6.61 Å². The molecule has 1 amide bonds. The Morgan fingerprint density at radius 2 is 2.00 bits per heavy atom. The van der Waals surface area contributed by atoms with Crippen LogP contribution >= 0.6 is 11.3 Å². The molecule has 2 aromatic rings. The quantitative estimate of drug-likeness (QED) is 0.869. The number of carbonyl (C=O) groups excluding carboxylic acids is 1. The largest absolute Gasteiger partial charge is 0.373 e. The first-order chi connectivity index (χ1) is 13.0. The third kappa shape index (κ3) is 4.42. The van der Waals surface area contributed by atoms with Gasteiger partial charge in [-0.3, -0.25) is 9.69 Å². The summed E-state index contributed by atoms with van der Waals surface area (Å²) in [4.78, 5) is 15.6. The van der Waals surface area contributed by atoms with Crippen molar-refractivity contribution in [1.29, 1.82) is 0 Å². The van der Waals surface area contributed by atoms with E-state index in [2.05, 4.69) is 42.3 Å². The lowest BCUT2D eigenvalue weighted by molar-refractivity contribution is -0.0449. The van der Waals surface area contributed by atoms with E-state index in [-0.39, 0.29) is 17.6 Å². The number of nitrogens with one attached hydrogen (secondary N) is 1. The van der Waals surface area contributed by atoms with Gasteiger partial charge >= 0.3 is 0 Å². The van der Waals surface area contributed by atoms with Crippen LogP contribution in [-0.2, 0) is 11.3 Å². The van der Waals surface area contributed by atoms with Gasteiger partial charge < -0.3 is 10.1 Å². The number of likely N-dealkylation sites (tertiary alicyclic amines) is 1. The Labute approximate surface area is 165 Å². The molecule has 0 saturated carbocycles. The van der Waals surface area contributed by atoms with Gasteiger partial charge in [0, 0.05) is 19.6 Å². The van der Waals surface area contributed by atoms with Crippen LogP contribution in [-0.4, -0.2) is 42.1 Å². The van der Waals surface area contributed by atoms with Crippen molar-refractivity contribution >= 4 is 17.2 Å². The topological polar surface area (TPSA) is 41.6 Å². The molecule has 0 bridgehead atoms. The van der Waals surface area contributed by atoms with Crippen LogP contribution in [0.15, 0.2) is 35.7 Å². The molecule has 4 rings (SSSR count). The van der Waals surface area contributed by atoms with E-state index < -0.39 is 0 Å². The normalized spacial score (nSPS) is 22.2. The number of piperidine rings is 1. The molecule has 1 aromatic carbocycles. The molecular weight excluding hydrogens is 356 g/mol. The lowest BCUT2D eigenvalue weighted by Gasteiger charge is -2.38. The van der Waals surface area contributed by atoms with Gasteiger partial charge in [0.15, 0.2) is 0 Å². The Morgan fingerprint density at radius 3 is 2.67 bits per heavy atom. The predicted octanol–water partition coefficient (Wildman–Crippen LogP) is 3.92. The van der Waals surface area contributed by atoms with Crippen LogP contribution < -0.4 is 5.32 Å². The number of ether oxygens (including phenoxy) is 1. The fourth-order valence-corrected chi connectivity index (χ4v) is 5.11. The number of thiophene rings is 1. The first kappa shape index (κ1) is 18.7. The number of benzene rings is 1. The smallest absolute Gasteiger partial charge is 0.261 e. The molecule has 0 unspecified atom stereocenters. The zero-order chi connectivity index (χ0) is 18.9. The second-order valence-corrected chi connectivity index (χ2v) is 9.07. The zero-order valence-electron chi connectivity index (χ0n) is 16.2. The molecule has 3 heterocycles. The van der Waals surface area contributed by atoms with Gasteiger partial charge in [0.25, 0.3) is 5.91 Å². The van der Waals surface area contributed by atoms with Gasteiger partial charge in [-0.15, -0.1) is 11.3 Å². The van der Waals surface area contributed by atoms with E-state index in [9.17, 15) is 4.79 Å². The molecule has 1 aromatic heterocycles. The average Bonchev–Trinajstić information content (AvgIpc) is 3.27. The molecule has 5 heteroatoms. The number of rotatable bonds is 4. The maximum atomic E-state index is 12.3. The van der Waals surface area contributed by atoms with Crippen LogP contribution in [0.25, 0.3) is 0 Å². The molecule has 1 atom stereocenters. The van der Waals surface area contributed by atoms with Gasteiger partial charge in [-0.1, -0.05) is 35.4 Å². The summed E-state index contributed by atoms with van der Waals surface area (Å²) in [6, 6.07) is 10.7. The third-order valence-electron chi connectivity index (χ3n) is 5.74. The third-order valence-corrected chi connectivity index (χ3v) is 6.61. The summed E-state index contributed by atoms with van der Waals surface area (Å²) < 4.78 is 6.21. The lowest BCUT2D eigenvalue weighted by Crippen LogP contribution is -2.44. The molecule has 2 fully saturated rings. The molecule has 0 radical (unpaired) electrons. The molecule has 144 valence electrons. The van der Waals surface area contributed by atoms with E-state index in [4.69, 9.17) is 4.74 Å². The zero-order valence-corrected chi connectivity index (χ0v) is 17.0. The Kier molecular flexibility index (Phi) is 5.35. The molecule has 27 heavy (non-hydrogen) atoms. The van der Waals surface area contributed by atoms with Crippen molar-refractivity contribution in [3.63, 3.8) is 0 Å². The fourth-order valence-electron chi connectivity index (χ4n) is 4.49. The number of nitrogens with zero attached hydrogens (tertiary/aromatic N) is 1. The number of hydrogen-bond donors (Lipinski definition) is 1. The number of carbonyl (C=O) groups is 1. The van der Waals surface area contributed by atoms with Crippen LogP contribution in [0.1, 0.15) is 45.6 Å². The van der Waals surface area contributed by atoms with Gasteiger partial charge in [-0.25, -0.2) is 0 Å². The average molecular weight is 385 g/mol. The van der Waals surface area contributed by atoms with Gasteiger partial charge in [-0.2, -0.15) is 0 Å². The Bertz CT molecular complexity index is 774. The van der Waals surface area contributed by atoms with Crippen molar-refractivity contribution in [2.45, 2.75) is 51.3 Å². The summed E-state index contributed by atoms with van der Waals surface area (Å²) in [6.45, 7) is 8.08. The summed E-state index contributed by atoms with van der Waals surface area (Å²) in [6.07, 6.45) is 3.02. The minimum atomic E-state index is -0.0492. The predicted molar refractivity (Wildman–Crippen MR) is 109 cm³/mol. The standard InChI is InChI=1S/C22H28N2O2S/c1-16-10-17(2)12-18(11-16)14-24-7-5-22(6-8-24)13-19(15-26-22)23-21(25)20-4-3-9-27-20/h3-4,9-12,19H,5-8,13-15H2,1-2H3,(H,23,25)/t19-/m0/s1. The first-order valence-electron chi connectivity index (χ1n) is 9.79. The van der Waals surface area contributed by atoms with Crippen molar-refractivity contribution in [3.8, 4) is 0 Å². The summed E-state index contributed by atoms with van der Waals surface area (Å²) in [5.41, 5.74) is 4.02. The molecule has 2 aliphatic heterocycles. The fraction of sp³-hybridized carbons (Fsp3) is 0.500. The van der Waals surface area contributed by atoms with E-state index in [1.807, 2.05) is 17.5 Å². The van der Waals surface area contributed by atoms with E-state index in [0.717, 1.165) is 43.8 Å². The number of aryl methyl sites for hydroxylation is 2. The summed E-state index contributed by atoms with van der Waals surface area (Å²) in [5.74, 6) is 0.0305. The first-order valence-corrected chi connectivity index (χ1v) is 10.7.